The van der Waals surface area contributed by atoms with E-state index < -0.39 is 23.8 Å². The third-order valence-corrected chi connectivity index (χ3v) is 5.15. The van der Waals surface area contributed by atoms with Gasteiger partial charge in [-0.2, -0.15) is 0 Å². The lowest BCUT2D eigenvalue weighted by atomic mass is 10.1. The number of hydrogen-bond donors (Lipinski definition) is 1. The third kappa shape index (κ3) is 4.80. The van der Waals surface area contributed by atoms with E-state index in [4.69, 9.17) is 9.47 Å². The number of nitroso groups, excluding NO2 is 1. The zero-order valence-corrected chi connectivity index (χ0v) is 19.4. The van der Waals surface area contributed by atoms with E-state index in [9.17, 15) is 14.5 Å². The molecule has 3 aromatic heterocycles. The minimum absolute atomic E-state index is 0.0989. The zero-order valence-electron chi connectivity index (χ0n) is 19.4. The Kier molecular flexibility index (Phi) is 6.14. The van der Waals surface area contributed by atoms with E-state index >= 15 is 0 Å². The van der Waals surface area contributed by atoms with Crippen molar-refractivity contribution < 1.29 is 19.1 Å². The number of imidazole rings is 1. The van der Waals surface area contributed by atoms with Crippen molar-refractivity contribution in [3.63, 3.8) is 0 Å². The Labute approximate surface area is 195 Å². The second-order valence-corrected chi connectivity index (χ2v) is 8.90. The Morgan fingerprint density at radius 3 is 2.71 bits per heavy atom. The van der Waals surface area contributed by atoms with Crippen LogP contribution < -0.4 is 0 Å². The summed E-state index contributed by atoms with van der Waals surface area (Å²) in [7, 11) is 0. The number of aryl methyl sites for hydroxylation is 1. The van der Waals surface area contributed by atoms with Crippen molar-refractivity contribution in [3.8, 4) is 0 Å². The van der Waals surface area contributed by atoms with Crippen molar-refractivity contribution >= 4 is 39.8 Å². The van der Waals surface area contributed by atoms with Gasteiger partial charge in [0, 0.05) is 18.0 Å². The average molecular weight is 463 g/mol. The molecule has 1 unspecified atom stereocenters. The van der Waals surface area contributed by atoms with Crippen LogP contribution in [0.3, 0.4) is 0 Å². The lowest BCUT2D eigenvalue weighted by molar-refractivity contribution is -0.148. The fourth-order valence-electron chi connectivity index (χ4n) is 3.58. The molecule has 0 saturated heterocycles. The molecule has 176 valence electrons. The lowest BCUT2D eigenvalue weighted by Gasteiger charge is -2.19. The number of nitrogens with one attached hydrogen (secondary N) is 1. The van der Waals surface area contributed by atoms with Crippen LogP contribution in [0.25, 0.3) is 22.1 Å². The van der Waals surface area contributed by atoms with Gasteiger partial charge in [0.15, 0.2) is 11.8 Å². The van der Waals surface area contributed by atoms with Crippen molar-refractivity contribution in [2.24, 2.45) is 5.18 Å². The molecule has 1 atom stereocenters. The largest absolute Gasteiger partial charge is 0.454 e. The molecule has 3 heterocycles. The van der Waals surface area contributed by atoms with Gasteiger partial charge in [-0.15, -0.1) is 4.91 Å². The van der Waals surface area contributed by atoms with Crippen LogP contribution in [0.2, 0.25) is 0 Å². The predicted octanol–water partition coefficient (Wildman–Crippen LogP) is 5.33. The maximum Gasteiger partial charge on any atom is 0.420 e. The SMILES string of the molecule is CC(OC(=O)CCc1ccccc1N=O)c1nc2c(cnc3c2ccn3C(=O)OC(C)(C)C)[nH]1. The normalized spacial score (nSPS) is 12.6. The minimum atomic E-state index is -0.637. The van der Waals surface area contributed by atoms with Crippen LogP contribution in [0.5, 0.6) is 0 Å². The minimum Gasteiger partial charge on any atom is -0.454 e. The number of fused-ring (bicyclic) bond motifs is 3. The summed E-state index contributed by atoms with van der Waals surface area (Å²) in [5.41, 5.74) is 2.05. The van der Waals surface area contributed by atoms with E-state index in [0.717, 1.165) is 0 Å². The zero-order chi connectivity index (χ0) is 24.5. The van der Waals surface area contributed by atoms with Crippen LogP contribution in [0.15, 0.2) is 47.9 Å². The monoisotopic (exact) mass is 463 g/mol. The standard InChI is InChI=1S/C24H25N5O5/c1-14(33-19(30)10-9-15-7-5-6-8-17(15)28-32)21-26-18-13-25-22-16(20(18)27-21)11-12-29(22)23(31)34-24(2,3)4/h5-8,11-14H,9-10H2,1-4H3,(H,26,27). The van der Waals surface area contributed by atoms with Crippen molar-refractivity contribution in [3.05, 3.63) is 59.0 Å². The van der Waals surface area contributed by atoms with Crippen molar-refractivity contribution in [2.45, 2.75) is 52.2 Å². The molecule has 0 spiro atoms. The summed E-state index contributed by atoms with van der Waals surface area (Å²) in [4.78, 5) is 47.9. The summed E-state index contributed by atoms with van der Waals surface area (Å²) in [6.07, 6.45) is 2.45. The predicted molar refractivity (Wildman–Crippen MR) is 126 cm³/mol. The summed E-state index contributed by atoms with van der Waals surface area (Å²) in [5, 5.41) is 3.65. The molecule has 10 nitrogen and oxygen atoms in total. The van der Waals surface area contributed by atoms with E-state index in [0.29, 0.717) is 45.6 Å². The van der Waals surface area contributed by atoms with E-state index in [-0.39, 0.29) is 6.42 Å². The number of ether oxygens (including phenoxy) is 2. The molecule has 0 bridgehead atoms. The molecule has 0 aliphatic heterocycles. The Morgan fingerprint density at radius 1 is 1.21 bits per heavy atom. The summed E-state index contributed by atoms with van der Waals surface area (Å²) < 4.78 is 12.3. The van der Waals surface area contributed by atoms with Gasteiger partial charge in [-0.3, -0.25) is 4.79 Å². The van der Waals surface area contributed by atoms with Gasteiger partial charge >= 0.3 is 12.1 Å². The highest BCUT2D eigenvalue weighted by atomic mass is 16.6. The molecule has 0 aliphatic rings. The van der Waals surface area contributed by atoms with Crippen molar-refractivity contribution in [1.29, 1.82) is 0 Å². The van der Waals surface area contributed by atoms with Gasteiger partial charge < -0.3 is 14.5 Å². The Morgan fingerprint density at radius 2 is 1.97 bits per heavy atom. The number of aromatic nitrogens is 4. The number of nitrogens with zero attached hydrogens (tertiary/aromatic N) is 4. The van der Waals surface area contributed by atoms with Gasteiger partial charge in [-0.1, -0.05) is 18.2 Å². The molecule has 0 saturated carbocycles. The number of carbonyl (C=O) groups is 2. The van der Waals surface area contributed by atoms with Crippen molar-refractivity contribution in [1.82, 2.24) is 19.5 Å². The average Bonchev–Trinajstić information content (AvgIpc) is 3.40. The molecule has 0 fully saturated rings. The lowest BCUT2D eigenvalue weighted by Crippen LogP contribution is -2.26. The van der Waals surface area contributed by atoms with Gasteiger partial charge in [0.25, 0.3) is 0 Å². The van der Waals surface area contributed by atoms with Crippen molar-refractivity contribution in [2.75, 3.05) is 0 Å². The maximum absolute atomic E-state index is 12.5. The molecule has 0 amide bonds. The fraction of sp³-hybridized carbons (Fsp3) is 0.333. The summed E-state index contributed by atoms with van der Waals surface area (Å²) >= 11 is 0. The third-order valence-electron chi connectivity index (χ3n) is 5.15. The van der Waals surface area contributed by atoms with E-state index in [1.807, 2.05) is 0 Å². The van der Waals surface area contributed by atoms with E-state index in [1.165, 1.54) is 4.57 Å². The van der Waals surface area contributed by atoms with Gasteiger partial charge in [-0.05, 0) is 57.0 Å². The fourth-order valence-corrected chi connectivity index (χ4v) is 3.58. The number of carbonyl (C=O) groups excluding carboxylic acids is 2. The van der Waals surface area contributed by atoms with Crippen LogP contribution in [-0.4, -0.2) is 37.2 Å². The first kappa shape index (κ1) is 23.1. The number of aromatic amines is 1. The highest BCUT2D eigenvalue weighted by Gasteiger charge is 2.22. The summed E-state index contributed by atoms with van der Waals surface area (Å²) in [6.45, 7) is 7.10. The number of H-pyrrole nitrogens is 1. The number of esters is 1. The van der Waals surface area contributed by atoms with E-state index in [2.05, 4.69) is 20.1 Å². The first-order valence-corrected chi connectivity index (χ1v) is 10.9. The molecule has 4 rings (SSSR count). The van der Waals surface area contributed by atoms with Crippen LogP contribution >= 0.6 is 0 Å². The quantitative estimate of drug-likeness (QED) is 0.302. The molecular formula is C24H25N5O5. The molecule has 0 aliphatic carbocycles. The Hall–Kier alpha value is -4.08. The highest BCUT2D eigenvalue weighted by molar-refractivity contribution is 6.03. The summed E-state index contributed by atoms with van der Waals surface area (Å²) in [6, 6.07) is 8.62. The van der Waals surface area contributed by atoms with Gasteiger partial charge in [0.1, 0.15) is 22.6 Å². The molecule has 1 N–H and O–H groups in total. The molecule has 4 aromatic rings. The second kappa shape index (κ2) is 9.05. The molecule has 0 radical (unpaired) electrons. The number of rotatable bonds is 6. The molecular weight excluding hydrogens is 438 g/mol. The molecule has 10 heteroatoms. The number of hydrogen-bond acceptors (Lipinski definition) is 8. The van der Waals surface area contributed by atoms with Gasteiger partial charge in [0.2, 0.25) is 0 Å². The number of benzene rings is 1. The van der Waals surface area contributed by atoms with Crippen LogP contribution in [0.4, 0.5) is 10.5 Å². The van der Waals surface area contributed by atoms with Gasteiger partial charge in [0.05, 0.1) is 11.7 Å². The number of pyridine rings is 1. The maximum atomic E-state index is 12.5. The van der Waals surface area contributed by atoms with E-state index in [1.54, 1.807) is 70.4 Å². The Bertz CT molecular complexity index is 1380. The highest BCUT2D eigenvalue weighted by Crippen LogP contribution is 2.27. The summed E-state index contributed by atoms with van der Waals surface area (Å²) in [5.74, 6) is 0.0330. The van der Waals surface area contributed by atoms with Crippen LogP contribution in [-0.2, 0) is 20.7 Å². The second-order valence-electron chi connectivity index (χ2n) is 8.90. The first-order chi connectivity index (χ1) is 16.2. The first-order valence-electron chi connectivity index (χ1n) is 10.9. The molecule has 1 aromatic carbocycles. The van der Waals surface area contributed by atoms with Crippen LogP contribution in [0, 0.1) is 4.91 Å². The Balaban J connectivity index is 1.49. The van der Waals surface area contributed by atoms with Gasteiger partial charge in [-0.25, -0.2) is 19.3 Å². The van der Waals surface area contributed by atoms with Crippen LogP contribution in [0.1, 0.15) is 51.6 Å². The topological polar surface area (TPSA) is 129 Å². The smallest absolute Gasteiger partial charge is 0.420 e. The molecule has 34 heavy (non-hydrogen) atoms.